The van der Waals surface area contributed by atoms with Gasteiger partial charge in [-0.1, -0.05) is 26.8 Å². The highest BCUT2D eigenvalue weighted by molar-refractivity contribution is 7.89. The van der Waals surface area contributed by atoms with Gasteiger partial charge < -0.3 is 4.74 Å². The van der Waals surface area contributed by atoms with Crippen LogP contribution < -0.4 is 9.46 Å². The second kappa shape index (κ2) is 6.20. The number of nitrogens with one attached hydrogen (secondary N) is 1. The molecule has 5 heteroatoms. The molecule has 1 N–H and O–H groups in total. The van der Waals surface area contributed by atoms with E-state index in [0.29, 0.717) is 5.75 Å². The quantitative estimate of drug-likeness (QED) is 0.895. The van der Waals surface area contributed by atoms with Gasteiger partial charge in [-0.25, -0.2) is 13.1 Å². The number of rotatable bonds is 5. The minimum atomic E-state index is -3.60. The minimum absolute atomic E-state index is 0.0338. The molecule has 0 saturated heterocycles. The van der Waals surface area contributed by atoms with Gasteiger partial charge in [0.25, 0.3) is 0 Å². The summed E-state index contributed by atoms with van der Waals surface area (Å²) in [7, 11) is -2.05. The Morgan fingerprint density at radius 2 is 1.59 bits per heavy atom. The second-order valence-electron chi connectivity index (χ2n) is 7.81. The van der Waals surface area contributed by atoms with Crippen molar-refractivity contribution >= 4 is 10.0 Å². The molecular formula is C17H29NO3S. The summed E-state index contributed by atoms with van der Waals surface area (Å²) in [4.78, 5) is 0.275. The summed E-state index contributed by atoms with van der Waals surface area (Å²) in [6.07, 6.45) is 0.737. The maximum Gasteiger partial charge on any atom is 0.241 e. The Morgan fingerprint density at radius 1 is 1.05 bits per heavy atom. The molecule has 0 saturated carbocycles. The number of hydrogen-bond donors (Lipinski definition) is 1. The van der Waals surface area contributed by atoms with Crippen molar-refractivity contribution < 1.29 is 13.2 Å². The van der Waals surface area contributed by atoms with Gasteiger partial charge in [0, 0.05) is 11.6 Å². The summed E-state index contributed by atoms with van der Waals surface area (Å²) < 4.78 is 33.6. The first kappa shape index (κ1) is 19.0. The molecular weight excluding hydrogens is 298 g/mol. The third kappa shape index (κ3) is 4.99. The van der Waals surface area contributed by atoms with Crippen molar-refractivity contribution in [2.45, 2.75) is 65.3 Å². The van der Waals surface area contributed by atoms with Gasteiger partial charge in [-0.2, -0.15) is 0 Å². The fourth-order valence-electron chi connectivity index (χ4n) is 3.10. The normalized spacial score (nSPS) is 13.3. The maximum atomic E-state index is 12.8. The summed E-state index contributed by atoms with van der Waals surface area (Å²) in [6, 6.07) is 3.43. The van der Waals surface area contributed by atoms with E-state index in [1.807, 2.05) is 26.8 Å². The third-order valence-electron chi connectivity index (χ3n) is 3.36. The van der Waals surface area contributed by atoms with Gasteiger partial charge in [-0.15, -0.1) is 0 Å². The predicted octanol–water partition coefficient (Wildman–Crippen LogP) is 3.81. The molecule has 0 spiro atoms. The largest absolute Gasteiger partial charge is 0.496 e. The number of hydrogen-bond acceptors (Lipinski definition) is 3. The average Bonchev–Trinajstić information content (AvgIpc) is 2.23. The zero-order valence-corrected chi connectivity index (χ0v) is 15.8. The molecule has 0 aliphatic carbocycles. The van der Waals surface area contributed by atoms with Crippen molar-refractivity contribution in [3.8, 4) is 5.75 Å². The van der Waals surface area contributed by atoms with Gasteiger partial charge in [0.15, 0.2) is 0 Å². The lowest BCUT2D eigenvalue weighted by molar-refractivity contribution is 0.269. The highest BCUT2D eigenvalue weighted by Crippen LogP contribution is 2.30. The fraction of sp³-hybridized carbons (Fsp3) is 0.647. The van der Waals surface area contributed by atoms with Crippen molar-refractivity contribution in [2.75, 3.05) is 7.11 Å². The molecule has 0 radical (unpaired) electrons. The van der Waals surface area contributed by atoms with Crippen LogP contribution in [0.2, 0.25) is 0 Å². The van der Waals surface area contributed by atoms with E-state index in [1.165, 1.54) is 0 Å². The molecule has 1 aromatic carbocycles. The highest BCUT2D eigenvalue weighted by Gasteiger charge is 2.31. The summed E-state index contributed by atoms with van der Waals surface area (Å²) in [5.41, 5.74) is 1.15. The molecule has 0 bridgehead atoms. The fourth-order valence-corrected chi connectivity index (χ4v) is 4.76. The molecule has 0 atom stereocenters. The first-order valence-corrected chi connectivity index (χ1v) is 8.95. The molecule has 22 heavy (non-hydrogen) atoms. The summed E-state index contributed by atoms with van der Waals surface area (Å²) in [6.45, 7) is 13.8. The van der Waals surface area contributed by atoms with Crippen LogP contribution in [0.1, 0.15) is 52.2 Å². The van der Waals surface area contributed by atoms with E-state index in [-0.39, 0.29) is 10.3 Å². The molecule has 1 aromatic rings. The molecule has 4 nitrogen and oxygen atoms in total. The first-order chi connectivity index (χ1) is 9.77. The van der Waals surface area contributed by atoms with Crippen LogP contribution >= 0.6 is 0 Å². The lowest BCUT2D eigenvalue weighted by Gasteiger charge is -2.33. The zero-order chi connectivity index (χ0) is 17.3. The topological polar surface area (TPSA) is 55.4 Å². The van der Waals surface area contributed by atoms with Crippen molar-refractivity contribution in [1.82, 2.24) is 4.72 Å². The van der Waals surface area contributed by atoms with E-state index >= 15 is 0 Å². The Balaban J connectivity index is 3.20. The van der Waals surface area contributed by atoms with Gasteiger partial charge in [-0.05, 0) is 50.7 Å². The van der Waals surface area contributed by atoms with E-state index in [4.69, 9.17) is 4.74 Å². The molecule has 126 valence electrons. The lowest BCUT2D eigenvalue weighted by Crippen LogP contribution is -2.45. The molecule has 0 unspecified atom stereocenters. The Labute approximate surface area is 135 Å². The number of benzene rings is 1. The molecule has 0 heterocycles. The third-order valence-corrected chi connectivity index (χ3v) is 5.21. The first-order valence-electron chi connectivity index (χ1n) is 7.47. The minimum Gasteiger partial charge on any atom is -0.496 e. The standard InChI is InChI=1S/C17H29NO3S/c1-12-9-13(2)15(10-14(12)21-8)22(19,20)18-17(6,7)11-16(3,4)5/h9-10,18H,11H2,1-8H3. The van der Waals surface area contributed by atoms with E-state index in [0.717, 1.165) is 17.5 Å². The van der Waals surface area contributed by atoms with Gasteiger partial charge in [0.2, 0.25) is 10.0 Å². The maximum absolute atomic E-state index is 12.8. The molecule has 0 aromatic heterocycles. The Kier molecular flexibility index (Phi) is 5.35. The summed E-state index contributed by atoms with van der Waals surface area (Å²) >= 11 is 0. The van der Waals surface area contributed by atoms with Crippen LogP contribution in [0.15, 0.2) is 17.0 Å². The lowest BCUT2D eigenvalue weighted by atomic mass is 9.82. The number of sulfonamides is 1. The Bertz CT molecular complexity index is 641. The van der Waals surface area contributed by atoms with E-state index in [9.17, 15) is 8.42 Å². The van der Waals surface area contributed by atoms with E-state index < -0.39 is 15.6 Å². The van der Waals surface area contributed by atoms with Crippen LogP contribution in [0.3, 0.4) is 0 Å². The van der Waals surface area contributed by atoms with E-state index in [1.54, 1.807) is 20.1 Å². The van der Waals surface area contributed by atoms with Crippen LogP contribution in [-0.4, -0.2) is 21.1 Å². The van der Waals surface area contributed by atoms with Crippen molar-refractivity contribution in [3.05, 3.63) is 23.3 Å². The Hall–Kier alpha value is -1.07. The van der Waals surface area contributed by atoms with E-state index in [2.05, 4.69) is 25.5 Å². The summed E-state index contributed by atoms with van der Waals surface area (Å²) in [5, 5.41) is 0. The van der Waals surface area contributed by atoms with Crippen molar-refractivity contribution in [1.29, 1.82) is 0 Å². The number of methoxy groups -OCH3 is 1. The Morgan fingerprint density at radius 3 is 2.05 bits per heavy atom. The molecule has 0 aliphatic heterocycles. The average molecular weight is 327 g/mol. The summed E-state index contributed by atoms with van der Waals surface area (Å²) in [5.74, 6) is 0.583. The van der Waals surface area contributed by atoms with Gasteiger partial charge in [0.05, 0.1) is 12.0 Å². The second-order valence-corrected chi connectivity index (χ2v) is 9.46. The number of aryl methyl sites for hydroxylation is 2. The van der Waals surface area contributed by atoms with Crippen LogP contribution in [-0.2, 0) is 10.0 Å². The number of ether oxygens (including phenoxy) is 1. The molecule has 0 aliphatic rings. The predicted molar refractivity (Wildman–Crippen MR) is 90.9 cm³/mol. The smallest absolute Gasteiger partial charge is 0.241 e. The van der Waals surface area contributed by atoms with Gasteiger partial charge >= 0.3 is 0 Å². The highest BCUT2D eigenvalue weighted by atomic mass is 32.2. The zero-order valence-electron chi connectivity index (χ0n) is 15.0. The monoisotopic (exact) mass is 327 g/mol. The molecule has 0 fully saturated rings. The SMILES string of the molecule is COc1cc(S(=O)(=O)NC(C)(C)CC(C)(C)C)c(C)cc1C. The van der Waals surface area contributed by atoms with Gasteiger partial charge in [0.1, 0.15) is 5.75 Å². The van der Waals surface area contributed by atoms with Crippen molar-refractivity contribution in [3.63, 3.8) is 0 Å². The van der Waals surface area contributed by atoms with Crippen molar-refractivity contribution in [2.24, 2.45) is 5.41 Å². The van der Waals surface area contributed by atoms with Crippen LogP contribution in [0.5, 0.6) is 5.75 Å². The molecule has 0 amide bonds. The van der Waals surface area contributed by atoms with Crippen LogP contribution in [0, 0.1) is 19.3 Å². The van der Waals surface area contributed by atoms with Crippen LogP contribution in [0.4, 0.5) is 0 Å². The van der Waals surface area contributed by atoms with Crippen LogP contribution in [0.25, 0.3) is 0 Å². The van der Waals surface area contributed by atoms with Gasteiger partial charge in [-0.3, -0.25) is 0 Å². The molecule has 1 rings (SSSR count).